The minimum atomic E-state index is -1.72. The molecular formula is C10H14SSn. The Morgan fingerprint density at radius 3 is 2.75 bits per heavy atom. The summed E-state index contributed by atoms with van der Waals surface area (Å²) < 4.78 is 0.842. The third-order valence-corrected chi connectivity index (χ3v) is 10.7. The first-order valence-corrected chi connectivity index (χ1v) is 15.4. The van der Waals surface area contributed by atoms with Crippen LogP contribution < -0.4 is 0 Å². The summed E-state index contributed by atoms with van der Waals surface area (Å²) in [4.78, 5) is 9.17. The molecule has 0 nitrogen and oxygen atoms in total. The van der Waals surface area contributed by atoms with Gasteiger partial charge in [-0.05, 0) is 0 Å². The van der Waals surface area contributed by atoms with Gasteiger partial charge in [-0.25, -0.2) is 0 Å². The van der Waals surface area contributed by atoms with Gasteiger partial charge in [-0.15, -0.1) is 0 Å². The van der Waals surface area contributed by atoms with Gasteiger partial charge in [0.05, 0.1) is 0 Å². The van der Waals surface area contributed by atoms with Gasteiger partial charge in [-0.1, -0.05) is 0 Å². The summed E-state index contributed by atoms with van der Waals surface area (Å²) in [5.74, 6) is 0. The van der Waals surface area contributed by atoms with Crippen molar-refractivity contribution in [3.8, 4) is 0 Å². The molecule has 64 valence electrons. The number of hydrogen-bond acceptors (Lipinski definition) is 1. The summed E-state index contributed by atoms with van der Waals surface area (Å²) in [6, 6.07) is 2.24. The Labute approximate surface area is 82.2 Å². The summed E-state index contributed by atoms with van der Waals surface area (Å²) in [7, 11) is 0. The van der Waals surface area contributed by atoms with Crippen LogP contribution in [0.5, 0.6) is 0 Å². The molecule has 1 aromatic rings. The number of rotatable bonds is 1. The summed E-state index contributed by atoms with van der Waals surface area (Å²) in [5, 5.41) is 2.22. The molecule has 0 spiro atoms. The van der Waals surface area contributed by atoms with Crippen LogP contribution in [0.4, 0.5) is 0 Å². The van der Waals surface area contributed by atoms with Gasteiger partial charge >= 0.3 is 82.5 Å². The molecule has 12 heavy (non-hydrogen) atoms. The van der Waals surface area contributed by atoms with Crippen molar-refractivity contribution in [2.24, 2.45) is 0 Å². The van der Waals surface area contributed by atoms with E-state index in [1.807, 2.05) is 11.3 Å². The summed E-state index contributed by atoms with van der Waals surface area (Å²) in [5.41, 5.74) is 1.48. The van der Waals surface area contributed by atoms with E-state index < -0.39 is 18.4 Å². The Kier molecular flexibility index (Phi) is 2.11. The van der Waals surface area contributed by atoms with Crippen LogP contribution in [0.3, 0.4) is 0 Å². The number of thiophene rings is 1. The molecule has 0 radical (unpaired) electrons. The predicted octanol–water partition coefficient (Wildman–Crippen LogP) is 3.74. The van der Waals surface area contributed by atoms with Crippen LogP contribution in [-0.2, 0) is 0 Å². The van der Waals surface area contributed by atoms with Crippen molar-refractivity contribution in [3.05, 3.63) is 28.0 Å². The van der Waals surface area contributed by atoms with E-state index in [1.165, 1.54) is 5.56 Å². The van der Waals surface area contributed by atoms with Crippen molar-refractivity contribution >= 4 is 35.8 Å². The third kappa shape index (κ3) is 1.37. The van der Waals surface area contributed by atoms with Gasteiger partial charge in [0.1, 0.15) is 0 Å². The first kappa shape index (κ1) is 8.82. The van der Waals surface area contributed by atoms with E-state index in [4.69, 9.17) is 0 Å². The van der Waals surface area contributed by atoms with E-state index in [0.29, 0.717) is 0 Å². The van der Waals surface area contributed by atoms with Crippen LogP contribution in [-0.4, -0.2) is 18.4 Å². The Balaban J connectivity index is 2.41. The molecule has 0 fully saturated rings. The molecule has 0 bridgehead atoms. The van der Waals surface area contributed by atoms with Crippen molar-refractivity contribution in [1.29, 1.82) is 0 Å². The van der Waals surface area contributed by atoms with Crippen molar-refractivity contribution in [1.82, 2.24) is 0 Å². The average molecular weight is 285 g/mol. The van der Waals surface area contributed by atoms with Gasteiger partial charge in [0.25, 0.3) is 0 Å². The van der Waals surface area contributed by atoms with Crippen LogP contribution in [0.1, 0.15) is 14.4 Å². The van der Waals surface area contributed by atoms with Crippen molar-refractivity contribution < 1.29 is 0 Å². The second-order valence-electron chi connectivity index (χ2n) is 4.44. The van der Waals surface area contributed by atoms with Crippen LogP contribution >= 0.6 is 11.3 Å². The van der Waals surface area contributed by atoms with E-state index >= 15 is 0 Å². The van der Waals surface area contributed by atoms with Gasteiger partial charge in [-0.2, -0.15) is 0 Å². The van der Waals surface area contributed by atoms with E-state index in [-0.39, 0.29) is 0 Å². The predicted molar refractivity (Wildman–Crippen MR) is 59.4 cm³/mol. The zero-order valence-corrected chi connectivity index (χ0v) is 11.5. The van der Waals surface area contributed by atoms with Crippen LogP contribution in [0.2, 0.25) is 14.8 Å². The van der Waals surface area contributed by atoms with Crippen LogP contribution in [0, 0.1) is 0 Å². The first-order chi connectivity index (χ1) is 5.59. The van der Waals surface area contributed by atoms with E-state index in [0.717, 1.165) is 3.93 Å². The molecule has 0 saturated carbocycles. The zero-order chi connectivity index (χ0) is 8.77. The summed E-state index contributed by atoms with van der Waals surface area (Å²) in [6.45, 7) is 0. The third-order valence-electron chi connectivity index (χ3n) is 2.41. The topological polar surface area (TPSA) is 0 Å². The SMILES string of the molecule is [CH3][Sn]([CH3])([CH3])[CH]1C=Cc2ccsc21. The molecule has 2 rings (SSSR count). The standard InChI is InChI=1S/C7H5S.3CH3.Sn/c1-2-6-4-5-8-7(6)3-1;;;;/h1-5H;3*1H3;. The molecule has 1 unspecified atom stereocenters. The minimum absolute atomic E-state index is 0.842. The number of allylic oxidation sites excluding steroid dienone is 1. The fourth-order valence-electron chi connectivity index (χ4n) is 1.69. The quantitative estimate of drug-likeness (QED) is 0.690. The van der Waals surface area contributed by atoms with Crippen LogP contribution in [0.25, 0.3) is 6.08 Å². The van der Waals surface area contributed by atoms with Gasteiger partial charge in [0, 0.05) is 0 Å². The molecule has 1 aromatic heterocycles. The van der Waals surface area contributed by atoms with E-state index in [1.54, 1.807) is 4.88 Å². The monoisotopic (exact) mass is 286 g/mol. The maximum absolute atomic E-state index is 2.51. The summed E-state index contributed by atoms with van der Waals surface area (Å²) in [6.07, 6.45) is 4.73. The fraction of sp³-hybridized carbons (Fsp3) is 0.400. The Morgan fingerprint density at radius 1 is 1.33 bits per heavy atom. The number of fused-ring (bicyclic) bond motifs is 1. The van der Waals surface area contributed by atoms with E-state index in [9.17, 15) is 0 Å². The van der Waals surface area contributed by atoms with Gasteiger partial charge in [0.15, 0.2) is 0 Å². The summed E-state index contributed by atoms with van der Waals surface area (Å²) >= 11 is 0.213. The number of hydrogen-bond donors (Lipinski definition) is 0. The normalized spacial score (nSPS) is 21.4. The fourth-order valence-corrected chi connectivity index (χ4v) is 10.1. The Bertz CT molecular complexity index is 317. The molecule has 0 aliphatic heterocycles. The molecule has 0 saturated heterocycles. The molecule has 0 amide bonds. The van der Waals surface area contributed by atoms with Gasteiger partial charge in [0.2, 0.25) is 0 Å². The first-order valence-electron chi connectivity index (χ1n) is 4.34. The zero-order valence-electron chi connectivity index (χ0n) is 7.79. The van der Waals surface area contributed by atoms with Gasteiger partial charge in [-0.3, -0.25) is 0 Å². The average Bonchev–Trinajstić information content (AvgIpc) is 2.37. The van der Waals surface area contributed by atoms with Crippen molar-refractivity contribution in [2.75, 3.05) is 0 Å². The molecule has 2 heteroatoms. The molecule has 1 atom stereocenters. The molecule has 1 heterocycles. The Morgan fingerprint density at radius 2 is 2.08 bits per heavy atom. The van der Waals surface area contributed by atoms with E-state index in [2.05, 4.69) is 38.4 Å². The molecule has 0 aromatic carbocycles. The second kappa shape index (κ2) is 2.88. The molecule has 0 N–H and O–H groups in total. The maximum atomic E-state index is 2.51. The van der Waals surface area contributed by atoms with Crippen molar-refractivity contribution in [3.63, 3.8) is 0 Å². The molecule has 1 aliphatic rings. The van der Waals surface area contributed by atoms with Crippen molar-refractivity contribution in [2.45, 2.75) is 18.8 Å². The van der Waals surface area contributed by atoms with Gasteiger partial charge < -0.3 is 0 Å². The molecular weight excluding hydrogens is 271 g/mol. The molecule has 1 aliphatic carbocycles. The Hall–Kier alpha value is 0.239. The van der Waals surface area contributed by atoms with Crippen LogP contribution in [0.15, 0.2) is 17.5 Å². The second-order valence-corrected chi connectivity index (χ2v) is 20.7.